The molecule has 1 heterocycles. The molecule has 1 aromatic carbocycles. The zero-order chi connectivity index (χ0) is 12.4. The molecule has 1 unspecified atom stereocenters. The first kappa shape index (κ1) is 12.3. The molecule has 1 saturated heterocycles. The summed E-state index contributed by atoms with van der Waals surface area (Å²) >= 11 is 2.01. The van der Waals surface area contributed by atoms with Crippen LogP contribution in [0.2, 0.25) is 0 Å². The minimum Gasteiger partial charge on any atom is -0.384 e. The average Bonchev–Trinajstić information content (AvgIpc) is 2.28. The number of nitrogens with two attached hydrogens (primary N) is 1. The molecule has 1 aromatic rings. The number of anilines is 1. The molecule has 1 atom stereocenters. The Kier molecular flexibility index (Phi) is 3.62. The van der Waals surface area contributed by atoms with Crippen LogP contribution in [0.5, 0.6) is 0 Å². The van der Waals surface area contributed by atoms with Gasteiger partial charge < -0.3 is 10.6 Å². The third kappa shape index (κ3) is 2.75. The number of benzene rings is 1. The van der Waals surface area contributed by atoms with Gasteiger partial charge in [-0.25, -0.2) is 0 Å². The predicted octanol–water partition coefficient (Wildman–Crippen LogP) is 2.22. The fourth-order valence-electron chi connectivity index (χ4n) is 2.17. The van der Waals surface area contributed by atoms with Gasteiger partial charge in [-0.3, -0.25) is 5.41 Å². The van der Waals surface area contributed by atoms with E-state index in [1.807, 2.05) is 23.9 Å². The normalized spacial score (nSPS) is 20.4. The first-order valence-electron chi connectivity index (χ1n) is 5.89. The van der Waals surface area contributed by atoms with Gasteiger partial charge in [0.1, 0.15) is 5.84 Å². The largest absolute Gasteiger partial charge is 0.384 e. The van der Waals surface area contributed by atoms with E-state index >= 15 is 0 Å². The van der Waals surface area contributed by atoms with Crippen molar-refractivity contribution in [2.45, 2.75) is 19.1 Å². The lowest BCUT2D eigenvalue weighted by atomic mass is 10.1. The number of hydrogen-bond donors (Lipinski definition) is 2. The van der Waals surface area contributed by atoms with Crippen LogP contribution in [-0.4, -0.2) is 29.9 Å². The molecule has 0 spiro atoms. The molecule has 0 amide bonds. The Balaban J connectivity index is 2.35. The minimum atomic E-state index is 0.158. The van der Waals surface area contributed by atoms with Gasteiger partial charge in [0.05, 0.1) is 0 Å². The fraction of sp³-hybridized carbons (Fsp3) is 0.462. The lowest BCUT2D eigenvalue weighted by Gasteiger charge is -2.33. The average molecular weight is 249 g/mol. The molecular weight excluding hydrogens is 230 g/mol. The summed E-state index contributed by atoms with van der Waals surface area (Å²) in [6, 6.07) is 6.11. The quantitative estimate of drug-likeness (QED) is 0.624. The summed E-state index contributed by atoms with van der Waals surface area (Å²) in [4.78, 5) is 2.35. The summed E-state index contributed by atoms with van der Waals surface area (Å²) in [6.45, 7) is 6.41. The number of nitrogens with zero attached hydrogens (tertiary/aromatic N) is 1. The fourth-order valence-corrected chi connectivity index (χ4v) is 3.18. The highest BCUT2D eigenvalue weighted by Gasteiger charge is 2.20. The van der Waals surface area contributed by atoms with E-state index in [-0.39, 0.29) is 5.84 Å². The number of rotatable bonds is 2. The number of amidine groups is 1. The van der Waals surface area contributed by atoms with Crippen LogP contribution in [0.1, 0.15) is 18.1 Å². The number of thioether (sulfide) groups is 1. The van der Waals surface area contributed by atoms with Gasteiger partial charge in [-0.05, 0) is 24.6 Å². The Hall–Kier alpha value is -1.16. The summed E-state index contributed by atoms with van der Waals surface area (Å²) in [7, 11) is 0. The summed E-state index contributed by atoms with van der Waals surface area (Å²) < 4.78 is 0. The second kappa shape index (κ2) is 5.00. The van der Waals surface area contributed by atoms with E-state index in [2.05, 4.69) is 24.8 Å². The van der Waals surface area contributed by atoms with Crippen molar-refractivity contribution >= 4 is 23.3 Å². The third-order valence-corrected chi connectivity index (χ3v) is 4.16. The van der Waals surface area contributed by atoms with Crippen molar-refractivity contribution in [2.24, 2.45) is 5.73 Å². The standard InChI is InChI=1S/C13H19N3S/c1-9-3-4-11(13(14)15)12(7-9)16-5-6-17-10(2)8-16/h3-4,7,10H,5-6,8H2,1-2H3,(H3,14,15). The molecule has 92 valence electrons. The molecule has 0 bridgehead atoms. The van der Waals surface area contributed by atoms with Crippen molar-refractivity contribution in [3.63, 3.8) is 0 Å². The van der Waals surface area contributed by atoms with Crippen LogP contribution in [0.3, 0.4) is 0 Å². The first-order valence-corrected chi connectivity index (χ1v) is 6.94. The van der Waals surface area contributed by atoms with Crippen LogP contribution in [0.15, 0.2) is 18.2 Å². The monoisotopic (exact) mass is 249 g/mol. The van der Waals surface area contributed by atoms with Gasteiger partial charge in [0.15, 0.2) is 0 Å². The van der Waals surface area contributed by atoms with Crippen molar-refractivity contribution in [1.29, 1.82) is 5.41 Å². The number of nitrogens with one attached hydrogen (secondary N) is 1. The van der Waals surface area contributed by atoms with Gasteiger partial charge in [-0.1, -0.05) is 13.0 Å². The van der Waals surface area contributed by atoms with Gasteiger partial charge in [0.2, 0.25) is 0 Å². The predicted molar refractivity (Wildman–Crippen MR) is 76.3 cm³/mol. The van der Waals surface area contributed by atoms with E-state index in [4.69, 9.17) is 11.1 Å². The molecule has 0 aromatic heterocycles. The number of aryl methyl sites for hydroxylation is 1. The van der Waals surface area contributed by atoms with Gasteiger partial charge in [0.25, 0.3) is 0 Å². The number of nitrogen functional groups attached to an aromatic ring is 1. The van der Waals surface area contributed by atoms with E-state index in [9.17, 15) is 0 Å². The number of hydrogen-bond acceptors (Lipinski definition) is 3. The molecule has 17 heavy (non-hydrogen) atoms. The molecule has 1 aliphatic heterocycles. The van der Waals surface area contributed by atoms with Gasteiger partial charge in [-0.15, -0.1) is 0 Å². The van der Waals surface area contributed by atoms with E-state index in [0.717, 1.165) is 30.1 Å². The summed E-state index contributed by atoms with van der Waals surface area (Å²) in [5.74, 6) is 1.30. The van der Waals surface area contributed by atoms with Gasteiger partial charge in [-0.2, -0.15) is 11.8 Å². The first-order chi connectivity index (χ1) is 8.08. The Bertz CT molecular complexity index is 431. The smallest absolute Gasteiger partial charge is 0.124 e. The van der Waals surface area contributed by atoms with Crippen molar-refractivity contribution < 1.29 is 0 Å². The van der Waals surface area contributed by atoms with Crippen LogP contribution < -0.4 is 10.6 Å². The zero-order valence-electron chi connectivity index (χ0n) is 10.4. The topological polar surface area (TPSA) is 53.1 Å². The Morgan fingerprint density at radius 3 is 2.94 bits per heavy atom. The highest BCUT2D eigenvalue weighted by atomic mass is 32.2. The highest BCUT2D eigenvalue weighted by molar-refractivity contribution is 8.00. The maximum Gasteiger partial charge on any atom is 0.124 e. The molecular formula is C13H19N3S. The van der Waals surface area contributed by atoms with E-state index in [0.29, 0.717) is 5.25 Å². The lowest BCUT2D eigenvalue weighted by molar-refractivity contribution is 0.781. The highest BCUT2D eigenvalue weighted by Crippen LogP contribution is 2.27. The molecule has 0 radical (unpaired) electrons. The molecule has 2 rings (SSSR count). The Morgan fingerprint density at radius 1 is 1.53 bits per heavy atom. The van der Waals surface area contributed by atoms with Crippen molar-refractivity contribution in [3.8, 4) is 0 Å². The van der Waals surface area contributed by atoms with E-state index < -0.39 is 0 Å². The second-order valence-corrected chi connectivity index (χ2v) is 6.11. The molecule has 0 aliphatic carbocycles. The van der Waals surface area contributed by atoms with Gasteiger partial charge in [0, 0.05) is 35.3 Å². The van der Waals surface area contributed by atoms with Crippen LogP contribution in [0, 0.1) is 12.3 Å². The second-order valence-electron chi connectivity index (χ2n) is 4.56. The molecule has 1 aliphatic rings. The Morgan fingerprint density at radius 2 is 2.29 bits per heavy atom. The SMILES string of the molecule is Cc1ccc(C(=N)N)c(N2CCSC(C)C2)c1. The van der Waals surface area contributed by atoms with Gasteiger partial charge >= 0.3 is 0 Å². The van der Waals surface area contributed by atoms with Crippen LogP contribution in [-0.2, 0) is 0 Å². The molecule has 3 N–H and O–H groups in total. The van der Waals surface area contributed by atoms with E-state index in [1.54, 1.807) is 0 Å². The zero-order valence-corrected chi connectivity index (χ0v) is 11.2. The van der Waals surface area contributed by atoms with Crippen molar-refractivity contribution in [3.05, 3.63) is 29.3 Å². The van der Waals surface area contributed by atoms with E-state index in [1.165, 1.54) is 5.56 Å². The molecule has 0 saturated carbocycles. The maximum atomic E-state index is 7.66. The van der Waals surface area contributed by atoms with Crippen molar-refractivity contribution in [2.75, 3.05) is 23.7 Å². The summed E-state index contributed by atoms with van der Waals surface area (Å²) in [5, 5.41) is 8.30. The van der Waals surface area contributed by atoms with Crippen molar-refractivity contribution in [1.82, 2.24) is 0 Å². The Labute approximate surface area is 107 Å². The third-order valence-electron chi connectivity index (χ3n) is 3.03. The molecule has 4 heteroatoms. The summed E-state index contributed by atoms with van der Waals surface area (Å²) in [5.41, 5.74) is 8.85. The van der Waals surface area contributed by atoms with Crippen LogP contribution >= 0.6 is 11.8 Å². The van der Waals surface area contributed by atoms with Crippen LogP contribution in [0.4, 0.5) is 5.69 Å². The minimum absolute atomic E-state index is 0.158. The van der Waals surface area contributed by atoms with Crippen LogP contribution in [0.25, 0.3) is 0 Å². The lowest BCUT2D eigenvalue weighted by Crippen LogP contribution is -2.37. The summed E-state index contributed by atoms with van der Waals surface area (Å²) in [6.07, 6.45) is 0. The maximum absolute atomic E-state index is 7.66. The molecule has 1 fully saturated rings. The molecule has 3 nitrogen and oxygen atoms in total.